The Morgan fingerprint density at radius 2 is 2.33 bits per heavy atom. The maximum Gasteiger partial charge on any atom is 0.0762 e. The summed E-state index contributed by atoms with van der Waals surface area (Å²) < 4.78 is 5.32. The average Bonchev–Trinajstić information content (AvgIpc) is 2.70. The van der Waals surface area contributed by atoms with Crippen molar-refractivity contribution < 1.29 is 4.74 Å². The van der Waals surface area contributed by atoms with E-state index in [1.807, 2.05) is 18.2 Å². The summed E-state index contributed by atoms with van der Waals surface area (Å²) in [6.07, 6.45) is 1.35. The van der Waals surface area contributed by atoms with Gasteiger partial charge in [0.2, 0.25) is 0 Å². The monoisotopic (exact) mass is 226 g/mol. The second-order valence-corrected chi connectivity index (χ2v) is 4.23. The van der Waals surface area contributed by atoms with Gasteiger partial charge in [0.1, 0.15) is 0 Å². The summed E-state index contributed by atoms with van der Waals surface area (Å²) in [6, 6.07) is 5.57. The van der Waals surface area contributed by atoms with Gasteiger partial charge in [-0.05, 0) is 24.6 Å². The standard InChI is InChI=1S/C11H15ClN2O/c1-15-9-4-5-14(7-9)11-6-8(12)2-3-10(11)13/h2-3,6,9H,4-5,7,13H2,1H3. The van der Waals surface area contributed by atoms with E-state index < -0.39 is 0 Å². The van der Waals surface area contributed by atoms with Crippen LogP contribution < -0.4 is 10.6 Å². The molecule has 0 saturated carbocycles. The van der Waals surface area contributed by atoms with Gasteiger partial charge in [0, 0.05) is 25.2 Å². The average molecular weight is 227 g/mol. The number of hydrogen-bond acceptors (Lipinski definition) is 3. The first kappa shape index (κ1) is 10.6. The number of rotatable bonds is 2. The summed E-state index contributed by atoms with van der Waals surface area (Å²) in [6.45, 7) is 1.87. The zero-order chi connectivity index (χ0) is 10.8. The Hall–Kier alpha value is -0.930. The van der Waals surface area contributed by atoms with Gasteiger partial charge < -0.3 is 15.4 Å². The van der Waals surface area contributed by atoms with E-state index in [0.717, 1.165) is 35.9 Å². The van der Waals surface area contributed by atoms with Crippen molar-refractivity contribution in [3.8, 4) is 0 Å². The molecule has 1 aromatic rings. The van der Waals surface area contributed by atoms with Gasteiger partial charge in [-0.3, -0.25) is 0 Å². The fourth-order valence-electron chi connectivity index (χ4n) is 1.93. The second kappa shape index (κ2) is 4.29. The van der Waals surface area contributed by atoms with Crippen LogP contribution in [0.4, 0.5) is 11.4 Å². The van der Waals surface area contributed by atoms with E-state index in [4.69, 9.17) is 22.1 Å². The van der Waals surface area contributed by atoms with Crippen molar-refractivity contribution in [2.24, 2.45) is 0 Å². The molecular weight excluding hydrogens is 212 g/mol. The first-order valence-corrected chi connectivity index (χ1v) is 5.41. The quantitative estimate of drug-likeness (QED) is 0.786. The SMILES string of the molecule is COC1CCN(c2cc(Cl)ccc2N)C1. The Morgan fingerprint density at radius 1 is 1.53 bits per heavy atom. The first-order chi connectivity index (χ1) is 7.20. The Labute approximate surface area is 94.8 Å². The fourth-order valence-corrected chi connectivity index (χ4v) is 2.10. The molecule has 0 aliphatic carbocycles. The van der Waals surface area contributed by atoms with Gasteiger partial charge in [-0.25, -0.2) is 0 Å². The molecule has 82 valence electrons. The Kier molecular flexibility index (Phi) is 3.03. The van der Waals surface area contributed by atoms with Crippen LogP contribution in [0, 0.1) is 0 Å². The van der Waals surface area contributed by atoms with Gasteiger partial charge in [-0.15, -0.1) is 0 Å². The second-order valence-electron chi connectivity index (χ2n) is 3.80. The predicted octanol–water partition coefficient (Wildman–Crippen LogP) is 2.15. The zero-order valence-electron chi connectivity index (χ0n) is 8.74. The van der Waals surface area contributed by atoms with Gasteiger partial charge in [-0.1, -0.05) is 11.6 Å². The Morgan fingerprint density at radius 3 is 3.00 bits per heavy atom. The molecule has 1 fully saturated rings. The number of nitrogens with two attached hydrogens (primary N) is 1. The van der Waals surface area contributed by atoms with E-state index in [1.54, 1.807) is 7.11 Å². The van der Waals surface area contributed by atoms with Gasteiger partial charge in [0.25, 0.3) is 0 Å². The molecule has 1 unspecified atom stereocenters. The lowest BCUT2D eigenvalue weighted by atomic mass is 10.2. The molecule has 0 spiro atoms. The highest BCUT2D eigenvalue weighted by atomic mass is 35.5. The highest BCUT2D eigenvalue weighted by molar-refractivity contribution is 6.31. The molecule has 0 radical (unpaired) electrons. The molecule has 1 aliphatic heterocycles. The summed E-state index contributed by atoms with van der Waals surface area (Å²) in [5.74, 6) is 0. The molecule has 0 amide bonds. The van der Waals surface area contributed by atoms with Gasteiger partial charge in [-0.2, -0.15) is 0 Å². The smallest absolute Gasteiger partial charge is 0.0762 e. The lowest BCUT2D eigenvalue weighted by Crippen LogP contribution is -2.23. The van der Waals surface area contributed by atoms with Gasteiger partial charge in [0.15, 0.2) is 0 Å². The topological polar surface area (TPSA) is 38.5 Å². The minimum atomic E-state index is 0.309. The van der Waals surface area contributed by atoms with E-state index in [9.17, 15) is 0 Å². The predicted molar refractivity (Wildman–Crippen MR) is 63.5 cm³/mol. The van der Waals surface area contributed by atoms with E-state index >= 15 is 0 Å². The maximum atomic E-state index is 5.95. The van der Waals surface area contributed by atoms with Crippen molar-refractivity contribution in [1.29, 1.82) is 0 Å². The summed E-state index contributed by atoms with van der Waals surface area (Å²) in [5, 5.41) is 0.722. The van der Waals surface area contributed by atoms with Crippen LogP contribution in [0.15, 0.2) is 18.2 Å². The molecule has 0 aromatic heterocycles. The van der Waals surface area contributed by atoms with Crippen LogP contribution in [0.5, 0.6) is 0 Å². The number of nitrogen functional groups attached to an aromatic ring is 1. The van der Waals surface area contributed by atoms with Crippen molar-refractivity contribution >= 4 is 23.0 Å². The third kappa shape index (κ3) is 2.19. The first-order valence-electron chi connectivity index (χ1n) is 5.03. The minimum Gasteiger partial charge on any atom is -0.397 e. The van der Waals surface area contributed by atoms with Crippen LogP contribution >= 0.6 is 11.6 Å². The third-order valence-electron chi connectivity index (χ3n) is 2.81. The van der Waals surface area contributed by atoms with Gasteiger partial charge >= 0.3 is 0 Å². The summed E-state index contributed by atoms with van der Waals surface area (Å²) in [5.41, 5.74) is 7.71. The van der Waals surface area contributed by atoms with Crippen molar-refractivity contribution in [2.75, 3.05) is 30.8 Å². The number of anilines is 2. The lowest BCUT2D eigenvalue weighted by Gasteiger charge is -2.20. The summed E-state index contributed by atoms with van der Waals surface area (Å²) >= 11 is 5.95. The minimum absolute atomic E-state index is 0.309. The summed E-state index contributed by atoms with van der Waals surface area (Å²) in [4.78, 5) is 2.22. The van der Waals surface area contributed by atoms with Crippen molar-refractivity contribution in [3.05, 3.63) is 23.2 Å². The number of ether oxygens (including phenoxy) is 1. The van der Waals surface area contributed by atoms with Gasteiger partial charge in [0.05, 0.1) is 17.5 Å². The van der Waals surface area contributed by atoms with Crippen LogP contribution in [0.1, 0.15) is 6.42 Å². The fraction of sp³-hybridized carbons (Fsp3) is 0.455. The third-order valence-corrected chi connectivity index (χ3v) is 3.05. The molecular formula is C11H15ClN2O. The highest BCUT2D eigenvalue weighted by Crippen LogP contribution is 2.30. The van der Waals surface area contributed by atoms with Crippen LogP contribution in [0.3, 0.4) is 0 Å². The lowest BCUT2D eigenvalue weighted by molar-refractivity contribution is 0.121. The molecule has 15 heavy (non-hydrogen) atoms. The molecule has 1 saturated heterocycles. The molecule has 0 bridgehead atoms. The van der Waals surface area contributed by atoms with Crippen LogP contribution in [0.25, 0.3) is 0 Å². The Balaban J connectivity index is 2.19. The van der Waals surface area contributed by atoms with E-state index in [-0.39, 0.29) is 0 Å². The molecule has 2 N–H and O–H groups in total. The largest absolute Gasteiger partial charge is 0.397 e. The zero-order valence-corrected chi connectivity index (χ0v) is 9.50. The summed E-state index contributed by atoms with van der Waals surface area (Å²) in [7, 11) is 1.75. The van der Waals surface area contributed by atoms with E-state index in [2.05, 4.69) is 4.90 Å². The number of nitrogens with zero attached hydrogens (tertiary/aromatic N) is 1. The van der Waals surface area contributed by atoms with Crippen molar-refractivity contribution in [3.63, 3.8) is 0 Å². The van der Waals surface area contributed by atoms with E-state index in [0.29, 0.717) is 6.10 Å². The molecule has 1 heterocycles. The number of methoxy groups -OCH3 is 1. The molecule has 1 aliphatic rings. The molecule has 2 rings (SSSR count). The van der Waals surface area contributed by atoms with Crippen LogP contribution in [-0.4, -0.2) is 26.3 Å². The van der Waals surface area contributed by atoms with E-state index in [1.165, 1.54) is 0 Å². The Bertz CT molecular complexity index is 356. The maximum absolute atomic E-state index is 5.95. The number of benzene rings is 1. The molecule has 1 aromatic carbocycles. The van der Waals surface area contributed by atoms with Crippen LogP contribution in [-0.2, 0) is 4.74 Å². The molecule has 4 heteroatoms. The van der Waals surface area contributed by atoms with Crippen LogP contribution in [0.2, 0.25) is 5.02 Å². The highest BCUT2D eigenvalue weighted by Gasteiger charge is 2.23. The molecule has 3 nitrogen and oxygen atoms in total. The van der Waals surface area contributed by atoms with Crippen molar-refractivity contribution in [2.45, 2.75) is 12.5 Å². The number of hydrogen-bond donors (Lipinski definition) is 1. The number of halogens is 1. The normalized spacial score (nSPS) is 20.9. The molecule has 1 atom stereocenters. The van der Waals surface area contributed by atoms with Crippen molar-refractivity contribution in [1.82, 2.24) is 0 Å².